The Hall–Kier alpha value is -2.45. The average molecular weight is 269 g/mol. The summed E-state index contributed by atoms with van der Waals surface area (Å²) in [6.45, 7) is 3.64. The number of aliphatic hydroxyl groups is 1. The smallest absolute Gasteiger partial charge is 0.129 e. The van der Waals surface area contributed by atoms with E-state index in [1.807, 2.05) is 6.07 Å². The molecular formula is C15H12FN3O. The Balaban J connectivity index is 2.20. The van der Waals surface area contributed by atoms with E-state index in [-0.39, 0.29) is 17.5 Å². The van der Waals surface area contributed by atoms with Gasteiger partial charge in [-0.2, -0.15) is 5.26 Å². The maximum Gasteiger partial charge on any atom is 0.129 e. The molecule has 20 heavy (non-hydrogen) atoms. The van der Waals surface area contributed by atoms with E-state index in [4.69, 9.17) is 5.26 Å². The SMILES string of the molecule is C=C[C@@]1(O)C[C@H](c2c(F)cccc2C#N)n2cncc21. The molecule has 2 heterocycles. The van der Waals surface area contributed by atoms with E-state index in [0.29, 0.717) is 5.69 Å². The first-order valence-electron chi connectivity index (χ1n) is 6.17. The molecule has 0 spiro atoms. The summed E-state index contributed by atoms with van der Waals surface area (Å²) in [5.41, 5.74) is -0.143. The average Bonchev–Trinajstić information content (AvgIpc) is 3.03. The van der Waals surface area contributed by atoms with Gasteiger partial charge in [-0.1, -0.05) is 18.7 Å². The molecule has 100 valence electrons. The standard InChI is InChI=1S/C15H12FN3O/c1-2-15(20)6-12(19-9-18-8-13(15)19)14-10(7-17)4-3-5-11(14)16/h2-5,8-9,12,20H,1,6H2/t12-,15-/m1/s1. The van der Waals surface area contributed by atoms with Crippen molar-refractivity contribution in [2.24, 2.45) is 0 Å². The Morgan fingerprint density at radius 3 is 3.10 bits per heavy atom. The van der Waals surface area contributed by atoms with Gasteiger partial charge in [0.1, 0.15) is 11.4 Å². The molecule has 0 fully saturated rings. The number of fused-ring (bicyclic) bond motifs is 1. The highest BCUT2D eigenvalue weighted by atomic mass is 19.1. The van der Waals surface area contributed by atoms with Crippen LogP contribution < -0.4 is 0 Å². The highest BCUT2D eigenvalue weighted by Crippen LogP contribution is 2.44. The van der Waals surface area contributed by atoms with Crippen LogP contribution in [0.5, 0.6) is 0 Å². The predicted octanol–water partition coefficient (Wildman–Crippen LogP) is 2.26. The van der Waals surface area contributed by atoms with E-state index < -0.39 is 17.5 Å². The maximum absolute atomic E-state index is 14.2. The number of nitrogens with zero attached hydrogens (tertiary/aromatic N) is 3. The predicted molar refractivity (Wildman–Crippen MR) is 70.2 cm³/mol. The fraction of sp³-hybridized carbons (Fsp3) is 0.200. The van der Waals surface area contributed by atoms with Crippen molar-refractivity contribution in [2.75, 3.05) is 0 Å². The lowest BCUT2D eigenvalue weighted by Gasteiger charge is -2.18. The molecule has 4 nitrogen and oxygen atoms in total. The lowest BCUT2D eigenvalue weighted by atomic mass is 9.91. The molecule has 1 aromatic carbocycles. The van der Waals surface area contributed by atoms with Crippen molar-refractivity contribution in [1.29, 1.82) is 5.26 Å². The zero-order valence-electron chi connectivity index (χ0n) is 10.6. The van der Waals surface area contributed by atoms with Crippen molar-refractivity contribution < 1.29 is 9.50 Å². The number of nitriles is 1. The third-order valence-corrected chi connectivity index (χ3v) is 3.79. The minimum atomic E-state index is -1.25. The molecule has 1 aromatic heterocycles. The lowest BCUT2D eigenvalue weighted by molar-refractivity contribution is 0.0882. The maximum atomic E-state index is 14.2. The van der Waals surface area contributed by atoms with Crippen LogP contribution in [0, 0.1) is 17.1 Å². The van der Waals surface area contributed by atoms with Crippen molar-refractivity contribution in [1.82, 2.24) is 9.55 Å². The molecule has 5 heteroatoms. The first kappa shape index (κ1) is 12.6. The highest BCUT2D eigenvalue weighted by Gasteiger charge is 2.42. The molecule has 1 aliphatic heterocycles. The summed E-state index contributed by atoms with van der Waals surface area (Å²) in [5, 5.41) is 19.7. The first-order valence-corrected chi connectivity index (χ1v) is 6.17. The van der Waals surface area contributed by atoms with E-state index in [2.05, 4.69) is 11.6 Å². The van der Waals surface area contributed by atoms with Gasteiger partial charge in [0.2, 0.25) is 0 Å². The molecule has 3 rings (SSSR count). The topological polar surface area (TPSA) is 61.8 Å². The van der Waals surface area contributed by atoms with Crippen LogP contribution in [-0.2, 0) is 5.60 Å². The Morgan fingerprint density at radius 1 is 1.60 bits per heavy atom. The second-order valence-electron chi connectivity index (χ2n) is 4.85. The number of halogens is 1. The largest absolute Gasteiger partial charge is 0.379 e. The minimum Gasteiger partial charge on any atom is -0.379 e. The molecule has 0 amide bonds. The molecule has 0 saturated carbocycles. The van der Waals surface area contributed by atoms with Crippen LogP contribution in [-0.4, -0.2) is 14.7 Å². The lowest BCUT2D eigenvalue weighted by Crippen LogP contribution is -2.19. The summed E-state index contributed by atoms with van der Waals surface area (Å²) in [5.74, 6) is -0.456. The van der Waals surface area contributed by atoms with Gasteiger partial charge >= 0.3 is 0 Å². The second kappa shape index (κ2) is 4.29. The minimum absolute atomic E-state index is 0.240. The monoisotopic (exact) mass is 269 g/mol. The Labute approximate surface area is 115 Å². The molecular weight excluding hydrogens is 257 g/mol. The van der Waals surface area contributed by atoms with Crippen LogP contribution in [0.4, 0.5) is 4.39 Å². The molecule has 2 atom stereocenters. The van der Waals surface area contributed by atoms with Crippen LogP contribution in [0.25, 0.3) is 0 Å². The van der Waals surface area contributed by atoms with E-state index in [1.165, 1.54) is 30.7 Å². The van der Waals surface area contributed by atoms with Gasteiger partial charge in [0.25, 0.3) is 0 Å². The molecule has 1 N–H and O–H groups in total. The summed E-state index contributed by atoms with van der Waals surface area (Å²) in [4.78, 5) is 4.00. The van der Waals surface area contributed by atoms with Crippen LogP contribution >= 0.6 is 0 Å². The number of imidazole rings is 1. The molecule has 0 bridgehead atoms. The summed E-state index contributed by atoms with van der Waals surface area (Å²) < 4.78 is 15.8. The van der Waals surface area contributed by atoms with Crippen molar-refractivity contribution in [3.05, 3.63) is 66.0 Å². The second-order valence-corrected chi connectivity index (χ2v) is 4.85. The summed E-state index contributed by atoms with van der Waals surface area (Å²) in [6, 6.07) is 5.92. The number of benzene rings is 1. The zero-order chi connectivity index (χ0) is 14.3. The van der Waals surface area contributed by atoms with Crippen molar-refractivity contribution >= 4 is 0 Å². The molecule has 2 aromatic rings. The van der Waals surface area contributed by atoms with Gasteiger partial charge in [-0.15, -0.1) is 0 Å². The fourth-order valence-electron chi connectivity index (χ4n) is 2.79. The summed E-state index contributed by atoms with van der Waals surface area (Å²) >= 11 is 0. The van der Waals surface area contributed by atoms with Crippen LogP contribution in [0.1, 0.15) is 29.3 Å². The molecule has 1 aliphatic rings. The van der Waals surface area contributed by atoms with Crippen LogP contribution in [0.15, 0.2) is 43.4 Å². The first-order chi connectivity index (χ1) is 9.60. The summed E-state index contributed by atoms with van der Waals surface area (Å²) in [6.07, 6.45) is 4.74. The third kappa shape index (κ3) is 1.59. The van der Waals surface area contributed by atoms with E-state index in [1.54, 1.807) is 10.6 Å². The third-order valence-electron chi connectivity index (χ3n) is 3.79. The quantitative estimate of drug-likeness (QED) is 0.851. The molecule has 0 aliphatic carbocycles. The van der Waals surface area contributed by atoms with Crippen LogP contribution in [0.3, 0.4) is 0 Å². The molecule has 0 unspecified atom stereocenters. The van der Waals surface area contributed by atoms with Gasteiger partial charge in [0.15, 0.2) is 0 Å². The van der Waals surface area contributed by atoms with E-state index >= 15 is 0 Å². The van der Waals surface area contributed by atoms with Gasteiger partial charge in [-0.05, 0) is 12.1 Å². The van der Waals surface area contributed by atoms with Crippen molar-refractivity contribution in [3.63, 3.8) is 0 Å². The van der Waals surface area contributed by atoms with Gasteiger partial charge in [0, 0.05) is 12.0 Å². The normalized spacial score (nSPS) is 24.1. The number of rotatable bonds is 2. The van der Waals surface area contributed by atoms with Crippen molar-refractivity contribution in [3.8, 4) is 6.07 Å². The van der Waals surface area contributed by atoms with Gasteiger partial charge in [-0.25, -0.2) is 9.37 Å². The molecule has 0 radical (unpaired) electrons. The molecule has 0 saturated heterocycles. The Kier molecular flexibility index (Phi) is 2.70. The Morgan fingerprint density at radius 2 is 2.40 bits per heavy atom. The Bertz CT molecular complexity index is 731. The van der Waals surface area contributed by atoms with E-state index in [9.17, 15) is 9.50 Å². The number of aromatic nitrogens is 2. The number of hydrogen-bond donors (Lipinski definition) is 1. The number of hydrogen-bond acceptors (Lipinski definition) is 3. The van der Waals surface area contributed by atoms with Gasteiger partial charge in [-0.3, -0.25) is 0 Å². The van der Waals surface area contributed by atoms with Crippen LogP contribution in [0.2, 0.25) is 0 Å². The zero-order valence-corrected chi connectivity index (χ0v) is 10.6. The summed E-state index contributed by atoms with van der Waals surface area (Å²) in [7, 11) is 0. The fourth-order valence-corrected chi connectivity index (χ4v) is 2.79. The van der Waals surface area contributed by atoms with Gasteiger partial charge in [0.05, 0.1) is 35.9 Å². The van der Waals surface area contributed by atoms with Crippen molar-refractivity contribution in [2.45, 2.75) is 18.1 Å². The van der Waals surface area contributed by atoms with E-state index in [0.717, 1.165) is 0 Å². The van der Waals surface area contributed by atoms with Gasteiger partial charge < -0.3 is 9.67 Å². The highest BCUT2D eigenvalue weighted by molar-refractivity contribution is 5.43.